The van der Waals surface area contributed by atoms with Crippen molar-refractivity contribution in [2.45, 2.75) is 37.9 Å². The molecule has 0 aliphatic carbocycles. The number of imide groups is 1. The Labute approximate surface area is 201 Å². The molecule has 4 radical (unpaired) electrons. The molecule has 1 unspecified atom stereocenters. The van der Waals surface area contributed by atoms with Crippen LogP contribution in [0.1, 0.15) is 39.9 Å². The van der Waals surface area contributed by atoms with E-state index in [1.807, 2.05) is 0 Å². The smallest absolute Gasteiger partial charge is 0.346 e. The molecule has 1 atom stereocenters. The van der Waals surface area contributed by atoms with Gasteiger partial charge in [0.25, 0.3) is 11.8 Å². The van der Waals surface area contributed by atoms with Crippen LogP contribution < -0.4 is 21.6 Å². The molecule has 4 amide bonds. The lowest BCUT2D eigenvalue weighted by Crippen LogP contribution is -2.52. The molecular weight excluding hydrogens is 465 g/mol. The summed E-state index contributed by atoms with van der Waals surface area (Å²) in [6.07, 6.45) is 0.354. The lowest BCUT2D eigenvalue weighted by atomic mass is 9.82. The Balaban J connectivity index is 1.46. The van der Waals surface area contributed by atoms with E-state index in [0.717, 1.165) is 12.1 Å². The fourth-order valence-electron chi connectivity index (χ4n) is 4.03. The maximum atomic E-state index is 14.7. The first kappa shape index (κ1) is 23.9. The molecule has 2 aliphatic rings. The van der Waals surface area contributed by atoms with E-state index >= 15 is 0 Å². The second-order valence-electron chi connectivity index (χ2n) is 8.11. The number of benzene rings is 2. The molecule has 34 heavy (non-hydrogen) atoms. The number of nitrogens with zero attached hydrogens (tertiary/aromatic N) is 1. The Morgan fingerprint density at radius 1 is 1.18 bits per heavy atom. The number of rotatable bonds is 5. The fraction of sp³-hybridized carbons (Fsp3) is 0.273. The number of piperidine rings is 1. The van der Waals surface area contributed by atoms with Gasteiger partial charge in [0.2, 0.25) is 11.8 Å². The van der Waals surface area contributed by atoms with Crippen molar-refractivity contribution in [2.24, 2.45) is 0 Å². The monoisotopic (exact) mass is 481 g/mol. The van der Waals surface area contributed by atoms with Gasteiger partial charge in [0.15, 0.2) is 0 Å². The summed E-state index contributed by atoms with van der Waals surface area (Å²) in [5.41, 5.74) is 0.166. The lowest BCUT2D eigenvalue weighted by Gasteiger charge is -2.29. The number of alkyl halides is 2. The Hall–Kier alpha value is -3.20. The first-order chi connectivity index (χ1) is 16.0. The molecule has 7 nitrogen and oxygen atoms in total. The predicted molar refractivity (Wildman–Crippen MR) is 120 cm³/mol. The number of amides is 4. The minimum absolute atomic E-state index is 0.00324. The van der Waals surface area contributed by atoms with Crippen LogP contribution in [0.15, 0.2) is 30.3 Å². The van der Waals surface area contributed by atoms with Crippen LogP contribution >= 0.6 is 11.6 Å². The van der Waals surface area contributed by atoms with Gasteiger partial charge >= 0.3 is 5.92 Å². The topological polar surface area (TPSA) is 95.6 Å². The second kappa shape index (κ2) is 8.87. The first-order valence-electron chi connectivity index (χ1n) is 10.3. The van der Waals surface area contributed by atoms with Crippen LogP contribution in [0.3, 0.4) is 0 Å². The highest BCUT2D eigenvalue weighted by Crippen LogP contribution is 2.29. The van der Waals surface area contributed by atoms with E-state index < -0.39 is 29.3 Å². The summed E-state index contributed by atoms with van der Waals surface area (Å²) in [6.45, 7) is -0.115. The quantitative estimate of drug-likeness (QED) is 0.468. The van der Waals surface area contributed by atoms with Crippen molar-refractivity contribution in [1.82, 2.24) is 15.5 Å². The Morgan fingerprint density at radius 2 is 1.91 bits per heavy atom. The van der Waals surface area contributed by atoms with Gasteiger partial charge in [-0.2, -0.15) is 8.78 Å². The number of hydrogen-bond donors (Lipinski definition) is 2. The zero-order valence-electron chi connectivity index (χ0n) is 17.7. The van der Waals surface area contributed by atoms with Gasteiger partial charge in [-0.15, -0.1) is 0 Å². The van der Waals surface area contributed by atoms with E-state index in [4.69, 9.17) is 27.3 Å². The highest BCUT2D eigenvalue weighted by Gasteiger charge is 2.42. The van der Waals surface area contributed by atoms with Crippen LogP contribution in [0.4, 0.5) is 8.78 Å². The van der Waals surface area contributed by atoms with E-state index in [1.54, 1.807) is 6.07 Å². The maximum Gasteiger partial charge on any atom is 0.349 e. The van der Waals surface area contributed by atoms with Crippen LogP contribution in [-0.2, 0) is 33.4 Å². The zero-order valence-corrected chi connectivity index (χ0v) is 18.4. The molecule has 0 saturated carbocycles. The van der Waals surface area contributed by atoms with Crippen molar-refractivity contribution in [3.05, 3.63) is 57.6 Å². The van der Waals surface area contributed by atoms with Gasteiger partial charge in [0.1, 0.15) is 21.7 Å². The molecule has 0 bridgehead atoms. The highest BCUT2D eigenvalue weighted by atomic mass is 35.5. The Morgan fingerprint density at radius 3 is 2.62 bits per heavy atom. The summed E-state index contributed by atoms with van der Waals surface area (Å²) in [4.78, 5) is 49.9. The SMILES string of the molecule is [B]c1cc(C(F)(F)C(=O)NCc2ccc3c(c2)CN(C2CCC(=O)NC2=O)C3=O)c([B])cc1Cl. The van der Waals surface area contributed by atoms with Crippen molar-refractivity contribution in [1.29, 1.82) is 0 Å². The molecule has 1 fully saturated rings. The molecule has 2 aromatic rings. The van der Waals surface area contributed by atoms with Gasteiger partial charge in [0.05, 0.1) is 0 Å². The molecule has 0 aromatic heterocycles. The first-order valence-corrected chi connectivity index (χ1v) is 10.6. The minimum Gasteiger partial charge on any atom is -0.346 e. The summed E-state index contributed by atoms with van der Waals surface area (Å²) in [7, 11) is 11.2. The van der Waals surface area contributed by atoms with Crippen LogP contribution in [0.25, 0.3) is 0 Å². The third-order valence-corrected chi connectivity index (χ3v) is 6.16. The average Bonchev–Trinajstić information content (AvgIpc) is 3.10. The molecule has 1 saturated heterocycles. The van der Waals surface area contributed by atoms with Gasteiger partial charge in [-0.05, 0) is 23.6 Å². The van der Waals surface area contributed by atoms with Crippen molar-refractivity contribution >= 4 is 61.8 Å². The molecular formula is C22H16B2ClF2N3O4. The molecule has 2 aromatic carbocycles. The summed E-state index contributed by atoms with van der Waals surface area (Å²) in [5.74, 6) is -6.82. The maximum absolute atomic E-state index is 14.7. The van der Waals surface area contributed by atoms with Crippen molar-refractivity contribution in [3.63, 3.8) is 0 Å². The van der Waals surface area contributed by atoms with Crippen LogP contribution in [-0.4, -0.2) is 50.3 Å². The summed E-state index contributed by atoms with van der Waals surface area (Å²) in [5, 5.41) is 4.39. The largest absolute Gasteiger partial charge is 0.349 e. The number of hydrogen-bond acceptors (Lipinski definition) is 4. The molecule has 2 aliphatic heterocycles. The van der Waals surface area contributed by atoms with Gasteiger partial charge in [-0.25, -0.2) is 0 Å². The van der Waals surface area contributed by atoms with Gasteiger partial charge < -0.3 is 10.2 Å². The molecule has 2 heterocycles. The standard InChI is InChI=1S/C22H16B2ClF2N3O4/c23-14-7-16(25)15(24)6-13(14)22(26,27)21(34)28-8-10-1-2-12-11(5-10)9-30(20(12)33)17-3-4-18(31)29-19(17)32/h1-2,5-7,17H,3-4,8-9H2,(H,28,34)(H,29,31,32). The van der Waals surface area contributed by atoms with Crippen LogP contribution in [0.5, 0.6) is 0 Å². The number of nitrogens with one attached hydrogen (secondary N) is 2. The predicted octanol–water partition coefficient (Wildman–Crippen LogP) is 0.0968. The lowest BCUT2D eigenvalue weighted by molar-refractivity contribution is -0.147. The summed E-state index contributed by atoms with van der Waals surface area (Å²) < 4.78 is 29.4. The van der Waals surface area contributed by atoms with Gasteiger partial charge in [-0.3, -0.25) is 24.5 Å². The van der Waals surface area contributed by atoms with E-state index in [9.17, 15) is 28.0 Å². The minimum atomic E-state index is -3.96. The number of fused-ring (bicyclic) bond motifs is 1. The number of carbonyl (C=O) groups is 4. The highest BCUT2D eigenvalue weighted by molar-refractivity contribution is 6.47. The van der Waals surface area contributed by atoms with E-state index in [0.29, 0.717) is 16.7 Å². The third-order valence-electron chi connectivity index (χ3n) is 5.83. The average molecular weight is 481 g/mol. The Kier molecular flexibility index (Phi) is 6.24. The molecule has 4 rings (SSSR count). The number of halogens is 3. The fourth-order valence-corrected chi connectivity index (χ4v) is 4.20. The molecule has 0 spiro atoms. The van der Waals surface area contributed by atoms with Crippen LogP contribution in [0, 0.1) is 0 Å². The zero-order chi connectivity index (χ0) is 24.8. The molecule has 170 valence electrons. The van der Waals surface area contributed by atoms with Crippen LogP contribution in [0.2, 0.25) is 5.02 Å². The van der Waals surface area contributed by atoms with E-state index in [2.05, 4.69) is 10.6 Å². The van der Waals surface area contributed by atoms with Crippen molar-refractivity contribution < 1.29 is 28.0 Å². The van der Waals surface area contributed by atoms with Gasteiger partial charge in [-0.1, -0.05) is 46.8 Å². The molecule has 2 N–H and O–H groups in total. The van der Waals surface area contributed by atoms with E-state index in [-0.39, 0.29) is 53.7 Å². The van der Waals surface area contributed by atoms with E-state index in [1.165, 1.54) is 17.0 Å². The third kappa shape index (κ3) is 4.32. The van der Waals surface area contributed by atoms with Crippen molar-refractivity contribution in [2.75, 3.05) is 0 Å². The number of carbonyl (C=O) groups excluding carboxylic acids is 4. The molecule has 12 heteroatoms. The van der Waals surface area contributed by atoms with Gasteiger partial charge in [0, 0.05) is 35.7 Å². The Bertz CT molecular complexity index is 1240. The normalized spacial score (nSPS) is 18.0. The summed E-state index contributed by atoms with van der Waals surface area (Å²) in [6, 6.07) is 5.79. The van der Waals surface area contributed by atoms with Crippen molar-refractivity contribution in [3.8, 4) is 0 Å². The second-order valence-corrected chi connectivity index (χ2v) is 8.52. The summed E-state index contributed by atoms with van der Waals surface area (Å²) >= 11 is 5.77.